The molecular formula is C19H25NO6. The summed E-state index contributed by atoms with van der Waals surface area (Å²) in [5.41, 5.74) is 0.887. The first-order chi connectivity index (χ1) is 12.7. The second-order valence-corrected chi connectivity index (χ2v) is 6.52. The third-order valence-corrected chi connectivity index (χ3v) is 4.66. The normalized spacial score (nSPS) is 25.7. The predicted molar refractivity (Wildman–Crippen MR) is 92.2 cm³/mol. The number of carbonyl (C=O) groups is 2. The van der Waals surface area contributed by atoms with Crippen molar-refractivity contribution in [3.05, 3.63) is 35.9 Å². The largest absolute Gasteiger partial charge is 0.467 e. The van der Waals surface area contributed by atoms with E-state index in [4.69, 9.17) is 18.9 Å². The Kier molecular flexibility index (Phi) is 6.46. The van der Waals surface area contributed by atoms with E-state index in [2.05, 4.69) is 0 Å². The van der Waals surface area contributed by atoms with Gasteiger partial charge in [-0.15, -0.1) is 0 Å². The van der Waals surface area contributed by atoms with E-state index in [1.807, 2.05) is 30.3 Å². The summed E-state index contributed by atoms with van der Waals surface area (Å²) < 4.78 is 21.7. The predicted octanol–water partition coefficient (Wildman–Crippen LogP) is 2.48. The number of methoxy groups -OCH3 is 1. The Morgan fingerprint density at radius 1 is 1.23 bits per heavy atom. The van der Waals surface area contributed by atoms with Crippen LogP contribution in [-0.2, 0) is 30.3 Å². The molecule has 2 aliphatic rings. The van der Waals surface area contributed by atoms with Gasteiger partial charge in [-0.25, -0.2) is 9.59 Å². The van der Waals surface area contributed by atoms with Gasteiger partial charge in [-0.05, 0) is 24.8 Å². The number of hydrogen-bond donors (Lipinski definition) is 0. The van der Waals surface area contributed by atoms with Crippen LogP contribution in [0.2, 0.25) is 0 Å². The fourth-order valence-corrected chi connectivity index (χ4v) is 3.29. The molecule has 0 saturated carbocycles. The standard InChI is InChI=1S/C19H25NO6/c1-23-18(21)16-11-15(26-17-9-5-6-10-24-17)12-20(16)19(22)25-13-14-7-3-2-4-8-14/h2-4,7-8,15-17H,5-6,9-13H2,1H3/t15-,16-,17?/m0/s1. The van der Waals surface area contributed by atoms with Crippen molar-refractivity contribution in [1.29, 1.82) is 0 Å². The average Bonchev–Trinajstić information content (AvgIpc) is 3.11. The molecule has 0 N–H and O–H groups in total. The molecule has 0 spiro atoms. The monoisotopic (exact) mass is 363 g/mol. The minimum absolute atomic E-state index is 0.154. The Balaban J connectivity index is 1.58. The number of amides is 1. The number of ether oxygens (including phenoxy) is 4. The van der Waals surface area contributed by atoms with E-state index < -0.39 is 18.1 Å². The first kappa shape index (κ1) is 18.7. The number of likely N-dealkylation sites (tertiary alicyclic amines) is 1. The summed E-state index contributed by atoms with van der Waals surface area (Å²) in [6, 6.07) is 8.71. The summed E-state index contributed by atoms with van der Waals surface area (Å²) in [6.07, 6.45) is 2.22. The van der Waals surface area contributed by atoms with Crippen LogP contribution in [0.1, 0.15) is 31.2 Å². The molecule has 7 heteroatoms. The van der Waals surface area contributed by atoms with Crippen LogP contribution in [0.15, 0.2) is 30.3 Å². The summed E-state index contributed by atoms with van der Waals surface area (Å²) in [6.45, 7) is 1.12. The summed E-state index contributed by atoms with van der Waals surface area (Å²) in [5, 5.41) is 0. The van der Waals surface area contributed by atoms with E-state index in [0.717, 1.165) is 24.8 Å². The van der Waals surface area contributed by atoms with Gasteiger partial charge in [-0.1, -0.05) is 30.3 Å². The van der Waals surface area contributed by atoms with Gasteiger partial charge in [0.25, 0.3) is 0 Å². The van der Waals surface area contributed by atoms with Crippen LogP contribution in [0.3, 0.4) is 0 Å². The van der Waals surface area contributed by atoms with Gasteiger partial charge < -0.3 is 18.9 Å². The Hall–Kier alpha value is -2.12. The molecule has 26 heavy (non-hydrogen) atoms. The molecule has 1 amide bonds. The van der Waals surface area contributed by atoms with Crippen LogP contribution < -0.4 is 0 Å². The molecule has 2 heterocycles. The summed E-state index contributed by atoms with van der Waals surface area (Å²) >= 11 is 0. The summed E-state index contributed by atoms with van der Waals surface area (Å²) in [4.78, 5) is 26.0. The van der Waals surface area contributed by atoms with Gasteiger partial charge >= 0.3 is 12.1 Å². The van der Waals surface area contributed by atoms with Crippen molar-refractivity contribution in [1.82, 2.24) is 4.90 Å². The van der Waals surface area contributed by atoms with E-state index in [1.165, 1.54) is 12.0 Å². The molecule has 2 saturated heterocycles. The first-order valence-electron chi connectivity index (χ1n) is 8.99. The first-order valence-corrected chi connectivity index (χ1v) is 8.99. The summed E-state index contributed by atoms with van der Waals surface area (Å²) in [5.74, 6) is -0.461. The highest BCUT2D eigenvalue weighted by molar-refractivity contribution is 5.82. The van der Waals surface area contributed by atoms with Crippen LogP contribution in [0.25, 0.3) is 0 Å². The number of benzene rings is 1. The van der Waals surface area contributed by atoms with Crippen LogP contribution >= 0.6 is 0 Å². The molecule has 1 aromatic rings. The maximum atomic E-state index is 12.5. The molecule has 0 radical (unpaired) electrons. The fourth-order valence-electron chi connectivity index (χ4n) is 3.29. The van der Waals surface area contributed by atoms with Crippen molar-refractivity contribution in [3.63, 3.8) is 0 Å². The van der Waals surface area contributed by atoms with E-state index in [0.29, 0.717) is 13.0 Å². The third-order valence-electron chi connectivity index (χ3n) is 4.66. The van der Waals surface area contributed by atoms with Gasteiger partial charge in [-0.3, -0.25) is 4.90 Å². The van der Waals surface area contributed by atoms with Crippen LogP contribution in [0.5, 0.6) is 0 Å². The SMILES string of the molecule is COC(=O)[C@@H]1C[C@H](OC2CCCCO2)CN1C(=O)OCc1ccccc1. The molecule has 3 atom stereocenters. The molecule has 142 valence electrons. The maximum absolute atomic E-state index is 12.5. The van der Waals surface area contributed by atoms with E-state index >= 15 is 0 Å². The quantitative estimate of drug-likeness (QED) is 0.748. The molecule has 3 rings (SSSR count). The molecule has 2 fully saturated rings. The second kappa shape index (κ2) is 9.00. The molecule has 0 aromatic heterocycles. The minimum atomic E-state index is -0.697. The van der Waals surface area contributed by atoms with Crippen molar-refractivity contribution in [2.75, 3.05) is 20.3 Å². The lowest BCUT2D eigenvalue weighted by molar-refractivity contribution is -0.185. The number of nitrogens with zero attached hydrogens (tertiary/aromatic N) is 1. The van der Waals surface area contributed by atoms with Crippen LogP contribution in [-0.4, -0.2) is 55.7 Å². The van der Waals surface area contributed by atoms with Gasteiger partial charge in [0.15, 0.2) is 6.29 Å². The number of hydrogen-bond acceptors (Lipinski definition) is 6. The van der Waals surface area contributed by atoms with Crippen LogP contribution in [0.4, 0.5) is 4.79 Å². The van der Waals surface area contributed by atoms with E-state index in [1.54, 1.807) is 0 Å². The smallest absolute Gasteiger partial charge is 0.410 e. The van der Waals surface area contributed by atoms with Gasteiger partial charge in [0.2, 0.25) is 0 Å². The van der Waals surface area contributed by atoms with E-state index in [-0.39, 0.29) is 25.5 Å². The number of rotatable bonds is 5. The van der Waals surface area contributed by atoms with Crippen molar-refractivity contribution in [2.45, 2.75) is 50.7 Å². The molecular weight excluding hydrogens is 338 g/mol. The average molecular weight is 363 g/mol. The zero-order chi connectivity index (χ0) is 18.4. The molecule has 0 aliphatic carbocycles. The lowest BCUT2D eigenvalue weighted by atomic mass is 10.2. The molecule has 1 aromatic carbocycles. The van der Waals surface area contributed by atoms with Crippen molar-refractivity contribution < 1.29 is 28.5 Å². The zero-order valence-corrected chi connectivity index (χ0v) is 15.0. The van der Waals surface area contributed by atoms with Crippen molar-refractivity contribution in [3.8, 4) is 0 Å². The lowest BCUT2D eigenvalue weighted by Crippen LogP contribution is -2.41. The van der Waals surface area contributed by atoms with E-state index in [9.17, 15) is 9.59 Å². The third kappa shape index (κ3) is 4.74. The Bertz CT molecular complexity index is 601. The van der Waals surface area contributed by atoms with Gasteiger partial charge in [-0.2, -0.15) is 0 Å². The number of esters is 1. The fraction of sp³-hybridized carbons (Fsp3) is 0.579. The van der Waals surface area contributed by atoms with Gasteiger partial charge in [0.05, 0.1) is 19.8 Å². The zero-order valence-electron chi connectivity index (χ0n) is 15.0. The highest BCUT2D eigenvalue weighted by Gasteiger charge is 2.42. The molecule has 0 bridgehead atoms. The van der Waals surface area contributed by atoms with Gasteiger partial charge in [0, 0.05) is 13.0 Å². The summed E-state index contributed by atoms with van der Waals surface area (Å²) in [7, 11) is 1.31. The highest BCUT2D eigenvalue weighted by Crippen LogP contribution is 2.26. The van der Waals surface area contributed by atoms with Gasteiger partial charge in [0.1, 0.15) is 12.6 Å². The van der Waals surface area contributed by atoms with Crippen molar-refractivity contribution >= 4 is 12.1 Å². The molecule has 7 nitrogen and oxygen atoms in total. The lowest BCUT2D eigenvalue weighted by Gasteiger charge is -2.25. The van der Waals surface area contributed by atoms with Crippen LogP contribution in [0, 0.1) is 0 Å². The Labute approximate surface area is 153 Å². The molecule has 2 aliphatic heterocycles. The highest BCUT2D eigenvalue weighted by atomic mass is 16.7. The van der Waals surface area contributed by atoms with Crippen molar-refractivity contribution in [2.24, 2.45) is 0 Å². The minimum Gasteiger partial charge on any atom is -0.467 e. The maximum Gasteiger partial charge on any atom is 0.410 e. The Morgan fingerprint density at radius 3 is 2.73 bits per heavy atom. The molecule has 1 unspecified atom stereocenters. The number of carbonyl (C=O) groups excluding carboxylic acids is 2. The Morgan fingerprint density at radius 2 is 2.04 bits per heavy atom. The second-order valence-electron chi connectivity index (χ2n) is 6.52. The topological polar surface area (TPSA) is 74.3 Å².